The SMILES string of the molecule is Cc1ccccc1COc1ccccc1C(=O)N(C)CCC(=O)O. The number of carboxylic acids is 1. The van der Waals surface area contributed by atoms with Crippen molar-refractivity contribution in [3.63, 3.8) is 0 Å². The molecule has 0 aromatic heterocycles. The minimum Gasteiger partial charge on any atom is -0.488 e. The fourth-order valence-corrected chi connectivity index (χ4v) is 2.27. The maximum absolute atomic E-state index is 12.5. The highest BCUT2D eigenvalue weighted by atomic mass is 16.5. The number of aryl methyl sites for hydroxylation is 1. The van der Waals surface area contributed by atoms with Crippen LogP contribution in [0.1, 0.15) is 27.9 Å². The number of benzene rings is 2. The topological polar surface area (TPSA) is 66.8 Å². The van der Waals surface area contributed by atoms with Crippen molar-refractivity contribution in [1.29, 1.82) is 0 Å². The number of nitrogens with zero attached hydrogens (tertiary/aromatic N) is 1. The second kappa shape index (κ2) is 8.15. The van der Waals surface area contributed by atoms with Crippen LogP contribution in [0.25, 0.3) is 0 Å². The molecular formula is C19H21NO4. The van der Waals surface area contributed by atoms with E-state index in [9.17, 15) is 9.59 Å². The maximum atomic E-state index is 12.5. The lowest BCUT2D eigenvalue weighted by molar-refractivity contribution is -0.137. The van der Waals surface area contributed by atoms with E-state index < -0.39 is 5.97 Å². The largest absolute Gasteiger partial charge is 0.488 e. The molecule has 2 aromatic rings. The van der Waals surface area contributed by atoms with Gasteiger partial charge in [-0.2, -0.15) is 0 Å². The number of hydrogen-bond acceptors (Lipinski definition) is 3. The Bertz CT molecular complexity index is 727. The van der Waals surface area contributed by atoms with Gasteiger partial charge in [0.05, 0.1) is 12.0 Å². The standard InChI is InChI=1S/C19H21NO4/c1-14-7-3-4-8-15(14)13-24-17-10-6-5-9-16(17)19(23)20(2)12-11-18(21)22/h3-10H,11-13H2,1-2H3,(H,21,22). The fourth-order valence-electron chi connectivity index (χ4n) is 2.27. The number of carbonyl (C=O) groups is 2. The summed E-state index contributed by atoms with van der Waals surface area (Å²) >= 11 is 0. The lowest BCUT2D eigenvalue weighted by Crippen LogP contribution is -2.29. The summed E-state index contributed by atoms with van der Waals surface area (Å²) in [5.74, 6) is -0.691. The summed E-state index contributed by atoms with van der Waals surface area (Å²) in [5, 5.41) is 8.74. The van der Waals surface area contributed by atoms with Gasteiger partial charge in [0.15, 0.2) is 0 Å². The molecule has 2 aromatic carbocycles. The maximum Gasteiger partial charge on any atom is 0.305 e. The third-order valence-electron chi connectivity index (χ3n) is 3.77. The van der Waals surface area contributed by atoms with Crippen molar-refractivity contribution in [3.8, 4) is 5.75 Å². The Balaban J connectivity index is 2.10. The van der Waals surface area contributed by atoms with E-state index in [0.717, 1.165) is 11.1 Å². The molecule has 5 nitrogen and oxygen atoms in total. The van der Waals surface area contributed by atoms with Crippen molar-refractivity contribution in [3.05, 3.63) is 65.2 Å². The molecule has 0 heterocycles. The molecule has 0 fully saturated rings. The van der Waals surface area contributed by atoms with Crippen LogP contribution in [-0.2, 0) is 11.4 Å². The highest BCUT2D eigenvalue weighted by Gasteiger charge is 2.17. The molecule has 2 rings (SSSR count). The second-order valence-electron chi connectivity index (χ2n) is 5.58. The highest BCUT2D eigenvalue weighted by Crippen LogP contribution is 2.21. The summed E-state index contributed by atoms with van der Waals surface area (Å²) in [5.41, 5.74) is 2.61. The first-order valence-corrected chi connectivity index (χ1v) is 7.72. The zero-order valence-electron chi connectivity index (χ0n) is 13.9. The molecule has 24 heavy (non-hydrogen) atoms. The summed E-state index contributed by atoms with van der Waals surface area (Å²) < 4.78 is 5.84. The predicted molar refractivity (Wildman–Crippen MR) is 91.2 cm³/mol. The van der Waals surface area contributed by atoms with Crippen LogP contribution in [0.4, 0.5) is 0 Å². The third kappa shape index (κ3) is 4.59. The molecular weight excluding hydrogens is 306 g/mol. The Hall–Kier alpha value is -2.82. The number of aliphatic carboxylic acids is 1. The van der Waals surface area contributed by atoms with Gasteiger partial charge in [0.2, 0.25) is 0 Å². The summed E-state index contributed by atoms with van der Waals surface area (Å²) in [6.45, 7) is 2.53. The normalized spacial score (nSPS) is 10.2. The van der Waals surface area contributed by atoms with Gasteiger partial charge >= 0.3 is 5.97 Å². The average molecular weight is 327 g/mol. The predicted octanol–water partition coefficient (Wildman–Crippen LogP) is 3.12. The molecule has 1 N–H and O–H groups in total. The van der Waals surface area contributed by atoms with E-state index in [-0.39, 0.29) is 18.9 Å². The molecule has 0 aliphatic carbocycles. The Morgan fingerprint density at radius 3 is 2.46 bits per heavy atom. The fraction of sp³-hybridized carbons (Fsp3) is 0.263. The van der Waals surface area contributed by atoms with Gasteiger partial charge in [-0.25, -0.2) is 0 Å². The Labute approximate surface area is 141 Å². The Morgan fingerprint density at radius 1 is 1.08 bits per heavy atom. The van der Waals surface area contributed by atoms with E-state index in [1.165, 1.54) is 4.90 Å². The zero-order chi connectivity index (χ0) is 17.5. The summed E-state index contributed by atoms with van der Waals surface area (Å²) in [4.78, 5) is 24.6. The van der Waals surface area contributed by atoms with Crippen LogP contribution in [0.3, 0.4) is 0 Å². The Morgan fingerprint density at radius 2 is 1.75 bits per heavy atom. The monoisotopic (exact) mass is 327 g/mol. The van der Waals surface area contributed by atoms with Crippen LogP contribution in [0.5, 0.6) is 5.75 Å². The van der Waals surface area contributed by atoms with Crippen molar-refractivity contribution >= 4 is 11.9 Å². The quantitative estimate of drug-likeness (QED) is 0.848. The third-order valence-corrected chi connectivity index (χ3v) is 3.77. The van der Waals surface area contributed by atoms with Gasteiger partial charge in [0.25, 0.3) is 5.91 Å². The number of rotatable bonds is 7. The summed E-state index contributed by atoms with van der Waals surface area (Å²) in [7, 11) is 1.59. The number of hydrogen-bond donors (Lipinski definition) is 1. The van der Waals surface area contributed by atoms with Crippen molar-refractivity contribution in [2.45, 2.75) is 20.0 Å². The van der Waals surface area contributed by atoms with Crippen LogP contribution in [0.2, 0.25) is 0 Å². The number of carboxylic acid groups (broad SMARTS) is 1. The molecule has 5 heteroatoms. The minimum absolute atomic E-state index is 0.0888. The van der Waals surface area contributed by atoms with Gasteiger partial charge in [-0.3, -0.25) is 9.59 Å². The molecule has 0 saturated carbocycles. The highest BCUT2D eigenvalue weighted by molar-refractivity contribution is 5.96. The van der Waals surface area contributed by atoms with E-state index in [2.05, 4.69) is 0 Å². The molecule has 126 valence electrons. The number of carbonyl (C=O) groups excluding carboxylic acids is 1. The van der Waals surface area contributed by atoms with E-state index >= 15 is 0 Å². The Kier molecular flexibility index (Phi) is 5.95. The van der Waals surface area contributed by atoms with E-state index in [1.54, 1.807) is 31.3 Å². The first-order chi connectivity index (χ1) is 11.5. The molecule has 0 radical (unpaired) electrons. The van der Waals surface area contributed by atoms with E-state index in [0.29, 0.717) is 17.9 Å². The van der Waals surface area contributed by atoms with Gasteiger partial charge in [-0.05, 0) is 30.2 Å². The molecule has 0 atom stereocenters. The van der Waals surface area contributed by atoms with Crippen LogP contribution >= 0.6 is 0 Å². The van der Waals surface area contributed by atoms with Gasteiger partial charge in [-0.1, -0.05) is 36.4 Å². The van der Waals surface area contributed by atoms with Crippen LogP contribution in [0, 0.1) is 6.92 Å². The molecule has 0 bridgehead atoms. The van der Waals surface area contributed by atoms with Gasteiger partial charge in [0.1, 0.15) is 12.4 Å². The lowest BCUT2D eigenvalue weighted by Gasteiger charge is -2.18. The molecule has 0 aliphatic rings. The van der Waals surface area contributed by atoms with Gasteiger partial charge in [-0.15, -0.1) is 0 Å². The number of para-hydroxylation sites is 1. The molecule has 0 unspecified atom stereocenters. The van der Waals surface area contributed by atoms with Crippen LogP contribution in [0.15, 0.2) is 48.5 Å². The van der Waals surface area contributed by atoms with E-state index in [1.807, 2.05) is 31.2 Å². The van der Waals surface area contributed by atoms with Crippen molar-refractivity contribution < 1.29 is 19.4 Å². The van der Waals surface area contributed by atoms with Crippen LogP contribution < -0.4 is 4.74 Å². The average Bonchev–Trinajstić information content (AvgIpc) is 2.58. The molecule has 0 spiro atoms. The second-order valence-corrected chi connectivity index (χ2v) is 5.58. The summed E-state index contributed by atoms with van der Waals surface area (Å²) in [6, 6.07) is 14.9. The molecule has 0 aliphatic heterocycles. The first-order valence-electron chi connectivity index (χ1n) is 7.72. The number of amides is 1. The van der Waals surface area contributed by atoms with Gasteiger partial charge < -0.3 is 14.7 Å². The van der Waals surface area contributed by atoms with Crippen molar-refractivity contribution in [2.24, 2.45) is 0 Å². The van der Waals surface area contributed by atoms with Crippen molar-refractivity contribution in [1.82, 2.24) is 4.90 Å². The minimum atomic E-state index is -0.932. The first kappa shape index (κ1) is 17.5. The zero-order valence-corrected chi connectivity index (χ0v) is 13.9. The number of ether oxygens (including phenoxy) is 1. The van der Waals surface area contributed by atoms with E-state index in [4.69, 9.17) is 9.84 Å². The lowest BCUT2D eigenvalue weighted by atomic mass is 10.1. The molecule has 0 saturated heterocycles. The van der Waals surface area contributed by atoms with Gasteiger partial charge in [0, 0.05) is 13.6 Å². The van der Waals surface area contributed by atoms with Crippen LogP contribution in [-0.4, -0.2) is 35.5 Å². The smallest absolute Gasteiger partial charge is 0.305 e. The van der Waals surface area contributed by atoms with Crippen molar-refractivity contribution in [2.75, 3.05) is 13.6 Å². The summed E-state index contributed by atoms with van der Waals surface area (Å²) in [6.07, 6.45) is -0.0888. The molecule has 1 amide bonds.